The Morgan fingerprint density at radius 3 is 3.00 bits per heavy atom. The number of carbonyl (C=O) groups excluding carboxylic acids is 1. The van der Waals surface area contributed by atoms with Crippen molar-refractivity contribution in [3.05, 3.63) is 0 Å². The maximum atomic E-state index is 10.1. The quantitative estimate of drug-likeness (QED) is 0.427. The van der Waals surface area contributed by atoms with E-state index in [1.54, 1.807) is 0 Å². The minimum Gasteiger partial charge on any atom is -0.378 e. The van der Waals surface area contributed by atoms with Crippen molar-refractivity contribution in [1.82, 2.24) is 0 Å². The van der Waals surface area contributed by atoms with Crippen LogP contribution in [0.5, 0.6) is 0 Å². The predicted octanol–water partition coefficient (Wildman–Crippen LogP) is 0.783. The Kier molecular flexibility index (Phi) is 2.59. The summed E-state index contributed by atoms with van der Waals surface area (Å²) in [5, 5.41) is 8.81. The van der Waals surface area contributed by atoms with Gasteiger partial charge in [-0.05, 0) is 6.92 Å². The van der Waals surface area contributed by atoms with Gasteiger partial charge in [-0.15, -0.1) is 0 Å². The van der Waals surface area contributed by atoms with Gasteiger partial charge >= 0.3 is 0 Å². The first-order chi connectivity index (χ1) is 5.72. The first kappa shape index (κ1) is 8.92. The van der Waals surface area contributed by atoms with Crippen LogP contribution in [0.25, 0.3) is 0 Å². The summed E-state index contributed by atoms with van der Waals surface area (Å²) in [4.78, 5) is 13.6. The topological polar surface area (TPSA) is 62.5 Å². The lowest BCUT2D eigenvalue weighted by atomic mass is 9.89. The highest BCUT2D eigenvalue weighted by molar-refractivity contribution is 5.37. The first-order valence-corrected chi connectivity index (χ1v) is 3.84. The zero-order valence-corrected chi connectivity index (χ0v) is 6.91. The van der Waals surface area contributed by atoms with Crippen molar-refractivity contribution in [2.45, 2.75) is 31.4 Å². The molecule has 0 N–H and O–H groups in total. The van der Waals surface area contributed by atoms with E-state index in [0.29, 0.717) is 19.4 Å². The third-order valence-corrected chi connectivity index (χ3v) is 2.01. The third kappa shape index (κ3) is 1.70. The van der Waals surface area contributed by atoms with E-state index in [2.05, 4.69) is 4.99 Å². The number of ether oxygens (including phenoxy) is 1. The number of hydrogen-bond donors (Lipinski definition) is 0. The molecule has 1 saturated heterocycles. The van der Waals surface area contributed by atoms with Gasteiger partial charge in [0.2, 0.25) is 6.08 Å². The molecule has 2 atom stereocenters. The molecule has 0 radical (unpaired) electrons. The molecule has 0 aromatic rings. The highest BCUT2D eigenvalue weighted by atomic mass is 16.5. The molecule has 64 valence electrons. The lowest BCUT2D eigenvalue weighted by Crippen LogP contribution is -2.36. The van der Waals surface area contributed by atoms with E-state index < -0.39 is 5.54 Å². The standard InChI is InChI=1S/C8H10N2O2/c1-7-4-8(5-9,10-6-11)2-3-12-7/h7H,2-4H2,1H3. The van der Waals surface area contributed by atoms with Crippen molar-refractivity contribution in [2.75, 3.05) is 6.61 Å². The monoisotopic (exact) mass is 166 g/mol. The average molecular weight is 166 g/mol. The van der Waals surface area contributed by atoms with Crippen molar-refractivity contribution < 1.29 is 9.53 Å². The summed E-state index contributed by atoms with van der Waals surface area (Å²) in [5.41, 5.74) is -0.876. The van der Waals surface area contributed by atoms with Crippen LogP contribution in [0, 0.1) is 11.3 Å². The summed E-state index contributed by atoms with van der Waals surface area (Å²) >= 11 is 0. The van der Waals surface area contributed by atoms with E-state index in [4.69, 9.17) is 10.00 Å². The number of nitrogens with zero attached hydrogens (tertiary/aromatic N) is 2. The number of nitriles is 1. The van der Waals surface area contributed by atoms with Gasteiger partial charge in [-0.1, -0.05) is 0 Å². The van der Waals surface area contributed by atoms with Gasteiger partial charge < -0.3 is 4.74 Å². The van der Waals surface area contributed by atoms with Crippen LogP contribution in [0.1, 0.15) is 19.8 Å². The van der Waals surface area contributed by atoms with Gasteiger partial charge in [0, 0.05) is 12.8 Å². The second-order valence-corrected chi connectivity index (χ2v) is 2.98. The lowest BCUT2D eigenvalue weighted by molar-refractivity contribution is 0.00651. The number of aliphatic imine (C=N–C) groups is 1. The Labute approximate surface area is 70.9 Å². The number of hydrogen-bond acceptors (Lipinski definition) is 4. The zero-order valence-electron chi connectivity index (χ0n) is 6.91. The van der Waals surface area contributed by atoms with Crippen LogP contribution >= 0.6 is 0 Å². The summed E-state index contributed by atoms with van der Waals surface area (Å²) in [6.45, 7) is 2.35. The Balaban J connectivity index is 2.79. The minimum atomic E-state index is -0.876. The Morgan fingerprint density at radius 1 is 1.75 bits per heavy atom. The van der Waals surface area contributed by atoms with Crippen LogP contribution < -0.4 is 0 Å². The molecule has 4 nitrogen and oxygen atoms in total. The van der Waals surface area contributed by atoms with Crippen LogP contribution in [0.3, 0.4) is 0 Å². The molecule has 1 rings (SSSR count). The zero-order chi connectivity index (χ0) is 9.03. The second kappa shape index (κ2) is 3.48. The fourth-order valence-electron chi connectivity index (χ4n) is 1.38. The molecular weight excluding hydrogens is 156 g/mol. The van der Waals surface area contributed by atoms with Gasteiger partial charge in [0.05, 0.1) is 18.8 Å². The lowest BCUT2D eigenvalue weighted by Gasteiger charge is -2.29. The van der Waals surface area contributed by atoms with Gasteiger partial charge in [-0.3, -0.25) is 0 Å². The summed E-state index contributed by atoms with van der Waals surface area (Å²) in [6.07, 6.45) is 2.42. The van der Waals surface area contributed by atoms with Crippen LogP contribution in [-0.2, 0) is 9.53 Å². The number of rotatable bonds is 1. The van der Waals surface area contributed by atoms with Crippen LogP contribution in [0.4, 0.5) is 0 Å². The van der Waals surface area contributed by atoms with Crippen molar-refractivity contribution in [1.29, 1.82) is 5.26 Å². The molecule has 12 heavy (non-hydrogen) atoms. The smallest absolute Gasteiger partial charge is 0.236 e. The molecule has 1 aliphatic rings. The second-order valence-electron chi connectivity index (χ2n) is 2.98. The van der Waals surface area contributed by atoms with E-state index in [1.807, 2.05) is 13.0 Å². The van der Waals surface area contributed by atoms with E-state index in [0.717, 1.165) is 0 Å². The maximum Gasteiger partial charge on any atom is 0.236 e. The van der Waals surface area contributed by atoms with E-state index in [9.17, 15) is 4.79 Å². The summed E-state index contributed by atoms with van der Waals surface area (Å²) in [6, 6.07) is 2.04. The molecule has 1 heterocycles. The summed E-state index contributed by atoms with van der Waals surface area (Å²) in [7, 11) is 0. The van der Waals surface area contributed by atoms with Gasteiger partial charge in [0.15, 0.2) is 5.54 Å². The molecule has 0 saturated carbocycles. The minimum absolute atomic E-state index is 0.00417. The van der Waals surface area contributed by atoms with Gasteiger partial charge in [0.1, 0.15) is 0 Å². The van der Waals surface area contributed by atoms with Crippen LogP contribution in [0.15, 0.2) is 4.99 Å². The fourth-order valence-corrected chi connectivity index (χ4v) is 1.38. The first-order valence-electron chi connectivity index (χ1n) is 3.84. The maximum absolute atomic E-state index is 10.1. The molecular formula is C8H10N2O2. The van der Waals surface area contributed by atoms with Crippen molar-refractivity contribution in [3.8, 4) is 6.07 Å². The van der Waals surface area contributed by atoms with Gasteiger partial charge in [-0.25, -0.2) is 4.79 Å². The molecule has 0 aromatic heterocycles. The third-order valence-electron chi connectivity index (χ3n) is 2.01. The predicted molar refractivity (Wildman–Crippen MR) is 41.1 cm³/mol. The van der Waals surface area contributed by atoms with Crippen molar-refractivity contribution >= 4 is 6.08 Å². The molecule has 0 spiro atoms. The van der Waals surface area contributed by atoms with E-state index in [1.165, 1.54) is 6.08 Å². The Bertz CT molecular complexity index is 252. The Morgan fingerprint density at radius 2 is 2.50 bits per heavy atom. The molecule has 2 unspecified atom stereocenters. The highest BCUT2D eigenvalue weighted by Crippen LogP contribution is 2.27. The van der Waals surface area contributed by atoms with Crippen molar-refractivity contribution in [3.63, 3.8) is 0 Å². The normalized spacial score (nSPS) is 34.8. The molecule has 4 heteroatoms. The molecule has 1 fully saturated rings. The highest BCUT2D eigenvalue weighted by Gasteiger charge is 2.35. The largest absolute Gasteiger partial charge is 0.378 e. The molecule has 0 amide bonds. The summed E-state index contributed by atoms with van der Waals surface area (Å²) < 4.78 is 5.24. The Hall–Kier alpha value is -1.17. The van der Waals surface area contributed by atoms with Gasteiger partial charge in [-0.2, -0.15) is 10.3 Å². The average Bonchev–Trinajstić information content (AvgIpc) is 2.05. The van der Waals surface area contributed by atoms with Crippen LogP contribution in [-0.4, -0.2) is 24.3 Å². The van der Waals surface area contributed by atoms with E-state index in [-0.39, 0.29) is 6.10 Å². The van der Waals surface area contributed by atoms with Crippen LogP contribution in [0.2, 0.25) is 0 Å². The summed E-state index contributed by atoms with van der Waals surface area (Å²) in [5.74, 6) is 0. The van der Waals surface area contributed by atoms with Gasteiger partial charge in [0.25, 0.3) is 0 Å². The molecule has 0 aliphatic carbocycles. The SMILES string of the molecule is CC1CC(C#N)(N=C=O)CCO1. The molecule has 1 aliphatic heterocycles. The molecule has 0 bridgehead atoms. The number of isocyanates is 1. The molecule has 0 aromatic carbocycles. The fraction of sp³-hybridized carbons (Fsp3) is 0.750. The van der Waals surface area contributed by atoms with Crippen molar-refractivity contribution in [2.24, 2.45) is 4.99 Å². The van der Waals surface area contributed by atoms with E-state index >= 15 is 0 Å².